The molecule has 0 saturated heterocycles. The molecule has 8 aromatic rings. The summed E-state index contributed by atoms with van der Waals surface area (Å²) in [5.74, 6) is 0.377. The van der Waals surface area contributed by atoms with Crippen LogP contribution < -0.4 is 0 Å². The van der Waals surface area contributed by atoms with Crippen LogP contribution in [-0.4, -0.2) is 74.7 Å². The summed E-state index contributed by atoms with van der Waals surface area (Å²) in [5, 5.41) is 31.8. The van der Waals surface area contributed by atoms with Crippen molar-refractivity contribution in [1.29, 1.82) is 0 Å². The summed E-state index contributed by atoms with van der Waals surface area (Å²) < 4.78 is 16.2. The second kappa shape index (κ2) is 19.3. The number of nitrogens with zero attached hydrogens (tertiary/aromatic N) is 10. The lowest BCUT2D eigenvalue weighted by atomic mass is 10.0. The zero-order valence-corrected chi connectivity index (χ0v) is 33.4. The fraction of sp³-hybridized carbons (Fsp3) is 0.205. The van der Waals surface area contributed by atoms with E-state index in [-0.39, 0.29) is 14.2 Å². The number of ether oxygens (including phenoxy) is 2. The van der Waals surface area contributed by atoms with Crippen LogP contribution in [0, 0.1) is 0 Å². The molecule has 0 saturated carbocycles. The van der Waals surface area contributed by atoms with Gasteiger partial charge in [0.2, 0.25) is 0 Å². The third-order valence-corrected chi connectivity index (χ3v) is 9.60. The minimum atomic E-state index is -1.02. The highest BCUT2D eigenvalue weighted by molar-refractivity contribution is 6.37. The van der Waals surface area contributed by atoms with E-state index in [9.17, 15) is 9.90 Å². The Hall–Kier alpha value is -5.19. The van der Waals surface area contributed by atoms with Gasteiger partial charge in [-0.15, -0.1) is 0 Å². The summed E-state index contributed by atoms with van der Waals surface area (Å²) in [6, 6.07) is 22.1. The van der Waals surface area contributed by atoms with Crippen LogP contribution in [0.4, 0.5) is 0 Å². The molecule has 0 spiro atoms. The van der Waals surface area contributed by atoms with E-state index >= 15 is 0 Å². The molecule has 296 valence electrons. The lowest BCUT2D eigenvalue weighted by molar-refractivity contribution is 0.105. The van der Waals surface area contributed by atoms with Gasteiger partial charge in [0.25, 0.3) is 0 Å². The van der Waals surface area contributed by atoms with Gasteiger partial charge in [0.05, 0.1) is 5.69 Å². The summed E-state index contributed by atoms with van der Waals surface area (Å²) >= 11 is 24.6. The summed E-state index contributed by atoms with van der Waals surface area (Å²) in [6.07, 6.45) is 4.24. The maximum absolute atomic E-state index is 11.2. The van der Waals surface area contributed by atoms with Crippen molar-refractivity contribution in [3.05, 3.63) is 129 Å². The number of hydrogen-bond acceptors (Lipinski definition) is 10. The number of halogens is 4. The largest absolute Gasteiger partial charge is 0.379 e. The van der Waals surface area contributed by atoms with Crippen molar-refractivity contribution in [3.63, 3.8) is 0 Å². The summed E-state index contributed by atoms with van der Waals surface area (Å²) in [6.45, 7) is 0.661. The first-order valence-corrected chi connectivity index (χ1v) is 18.2. The van der Waals surface area contributed by atoms with Gasteiger partial charge in [0, 0.05) is 81.4 Å². The second-order valence-corrected chi connectivity index (χ2v) is 13.8. The molecular weight excluding hydrogens is 814 g/mol. The van der Waals surface area contributed by atoms with Crippen LogP contribution >= 0.6 is 46.4 Å². The number of carbonyl (C=O) groups excluding carboxylic acids is 1. The topological polar surface area (TPSA) is 153 Å². The summed E-state index contributed by atoms with van der Waals surface area (Å²) in [7, 11) is 6.70. The molecule has 4 aromatic heterocycles. The van der Waals surface area contributed by atoms with E-state index in [0.717, 1.165) is 50.3 Å². The highest BCUT2D eigenvalue weighted by Crippen LogP contribution is 2.38. The van der Waals surface area contributed by atoms with Crippen molar-refractivity contribution in [2.75, 3.05) is 14.2 Å². The van der Waals surface area contributed by atoms with Crippen molar-refractivity contribution in [3.8, 4) is 22.3 Å². The van der Waals surface area contributed by atoms with Gasteiger partial charge in [-0.1, -0.05) is 102 Å². The van der Waals surface area contributed by atoms with E-state index in [1.165, 1.54) is 17.3 Å². The van der Waals surface area contributed by atoms with E-state index in [1.807, 2.05) is 48.5 Å². The Kier molecular flexibility index (Phi) is 14.5. The normalized spacial score (nSPS) is 11.4. The first-order chi connectivity index (χ1) is 27.1. The van der Waals surface area contributed by atoms with E-state index in [4.69, 9.17) is 55.9 Å². The number of methoxy groups -OCH3 is 2. The number of carbonyl (C=O) groups is 1. The number of aromatic nitrogens is 10. The zero-order valence-electron chi connectivity index (χ0n) is 30.4. The maximum Gasteiger partial charge on any atom is 0.168 e. The van der Waals surface area contributed by atoms with Crippen LogP contribution in [0.15, 0.2) is 91.8 Å². The average Bonchev–Trinajstić information content (AvgIpc) is 3.98. The first kappa shape index (κ1) is 42.9. The molecule has 0 radical (unpaired) electrons. The number of benzene rings is 4. The van der Waals surface area contributed by atoms with Gasteiger partial charge in [0.15, 0.2) is 18.2 Å². The van der Waals surface area contributed by atoms with Crippen LogP contribution in [0.5, 0.6) is 0 Å². The Morgan fingerprint density at radius 2 is 1.32 bits per heavy atom. The molecule has 0 bridgehead atoms. The lowest BCUT2D eigenvalue weighted by Gasteiger charge is -2.12. The first-order valence-electron chi connectivity index (χ1n) is 16.7. The van der Waals surface area contributed by atoms with Crippen LogP contribution in [0.2, 0.25) is 20.1 Å². The van der Waals surface area contributed by atoms with Gasteiger partial charge in [-0.2, -0.15) is 20.4 Å². The third kappa shape index (κ3) is 9.35. The predicted molar refractivity (Wildman–Crippen MR) is 223 cm³/mol. The van der Waals surface area contributed by atoms with Crippen molar-refractivity contribution in [1.82, 2.24) is 49.1 Å². The summed E-state index contributed by atoms with van der Waals surface area (Å²) in [4.78, 5) is 19.1. The average molecular weight is 853 g/mol. The van der Waals surface area contributed by atoms with E-state index < -0.39 is 6.10 Å². The smallest absolute Gasteiger partial charge is 0.168 e. The van der Waals surface area contributed by atoms with Gasteiger partial charge in [-0.05, 0) is 24.3 Å². The minimum absolute atomic E-state index is 0. The molecule has 1 atom stereocenters. The van der Waals surface area contributed by atoms with E-state index in [2.05, 4.69) is 30.4 Å². The number of rotatable bonds is 9. The monoisotopic (exact) mass is 850 g/mol. The van der Waals surface area contributed by atoms with Crippen LogP contribution in [0.1, 0.15) is 35.5 Å². The van der Waals surface area contributed by atoms with Gasteiger partial charge in [0.1, 0.15) is 49.2 Å². The molecule has 0 amide bonds. The van der Waals surface area contributed by atoms with Crippen LogP contribution in [-0.2, 0) is 37.0 Å². The maximum atomic E-state index is 11.2. The van der Waals surface area contributed by atoms with Gasteiger partial charge < -0.3 is 14.6 Å². The second-order valence-electron chi connectivity index (χ2n) is 12.1. The lowest BCUT2D eigenvalue weighted by Crippen LogP contribution is -2.15. The van der Waals surface area contributed by atoms with Crippen molar-refractivity contribution in [2.45, 2.75) is 27.0 Å². The fourth-order valence-corrected chi connectivity index (χ4v) is 7.07. The van der Waals surface area contributed by atoms with Crippen molar-refractivity contribution in [2.24, 2.45) is 14.1 Å². The molecule has 1 N–H and O–H groups in total. The fourth-order valence-electron chi connectivity index (χ4n) is 6.05. The molecule has 4 heterocycles. The number of aryl methyl sites for hydroxylation is 2. The van der Waals surface area contributed by atoms with E-state index in [1.54, 1.807) is 73.0 Å². The SMILES string of the molecule is C.COCn1cncn1.COCn1ncnc1C(O)c1c2cccc(-c3ccc(Cl)cc3Cl)c2nn1C.Cn1nc2c(-c3ccc(Cl)cc3Cl)cccc2c1C=O. The van der Waals surface area contributed by atoms with Gasteiger partial charge in [-0.25, -0.2) is 19.3 Å². The molecule has 14 nitrogen and oxygen atoms in total. The molecule has 0 fully saturated rings. The molecular formula is C39H38Cl4N10O4. The Balaban J connectivity index is 0.000000186. The highest BCUT2D eigenvalue weighted by atomic mass is 35.5. The van der Waals surface area contributed by atoms with Gasteiger partial charge in [-0.3, -0.25) is 14.2 Å². The quantitative estimate of drug-likeness (QED) is 0.140. The molecule has 0 aliphatic heterocycles. The predicted octanol–water partition coefficient (Wildman–Crippen LogP) is 8.70. The number of aldehydes is 1. The Labute approximate surface area is 348 Å². The number of hydrogen-bond donors (Lipinski definition) is 1. The number of aliphatic hydroxyl groups is 1. The standard InChI is InChI=1S/C19H17Cl2N5O2.C15H10Cl2N2O.C4H7N3O.CH4/c1-25-17(18(27)19-22-9-23-26(19)10-28-2)14-5-3-4-13(16(14)24-25)12-7-6-11(20)8-15(12)21;1-19-14(8-20)12-4-2-3-11(15(12)18-19)10-6-5-9(16)7-13(10)17;1-8-4-7-3-5-2-6-7;/h3-9,18,27H,10H2,1-2H3;2-8H,1H3;2-3H,4H2,1H3;1H4. The molecule has 0 aliphatic rings. The molecule has 1 unspecified atom stereocenters. The van der Waals surface area contributed by atoms with Gasteiger partial charge >= 0.3 is 0 Å². The molecule has 18 heteroatoms. The Morgan fingerprint density at radius 1 is 0.737 bits per heavy atom. The molecule has 0 aliphatic carbocycles. The van der Waals surface area contributed by atoms with Crippen LogP contribution in [0.25, 0.3) is 44.1 Å². The zero-order chi connectivity index (χ0) is 39.9. The molecule has 4 aromatic carbocycles. The molecule has 57 heavy (non-hydrogen) atoms. The highest BCUT2D eigenvalue weighted by Gasteiger charge is 2.25. The minimum Gasteiger partial charge on any atom is -0.379 e. The Bertz CT molecular complexity index is 2610. The number of aliphatic hydroxyl groups excluding tert-OH is 1. The van der Waals surface area contributed by atoms with Crippen LogP contribution in [0.3, 0.4) is 0 Å². The van der Waals surface area contributed by atoms with E-state index in [0.29, 0.717) is 44.0 Å². The van der Waals surface area contributed by atoms with Crippen molar-refractivity contribution >= 4 is 74.5 Å². The summed E-state index contributed by atoms with van der Waals surface area (Å²) in [5.41, 5.74) is 6.02. The Morgan fingerprint density at radius 3 is 1.86 bits per heavy atom. The van der Waals surface area contributed by atoms with Crippen molar-refractivity contribution < 1.29 is 19.4 Å². The molecule has 8 rings (SSSR count). The third-order valence-electron chi connectivity index (χ3n) is 8.50. The number of fused-ring (bicyclic) bond motifs is 2.